The normalized spacial score (nSPS) is 16.7. The molecule has 0 aromatic carbocycles. The van der Waals surface area contributed by atoms with E-state index >= 15 is 0 Å². The molecule has 0 saturated heterocycles. The number of aliphatic hydroxyl groups is 1. The van der Waals surface area contributed by atoms with Gasteiger partial charge in [-0.3, -0.25) is 4.68 Å². The van der Waals surface area contributed by atoms with Crippen LogP contribution in [-0.4, -0.2) is 61.6 Å². The van der Waals surface area contributed by atoms with Crippen molar-refractivity contribution in [2.75, 3.05) is 18.5 Å². The van der Waals surface area contributed by atoms with Gasteiger partial charge in [0.2, 0.25) is 0 Å². The van der Waals surface area contributed by atoms with Crippen molar-refractivity contribution in [3.05, 3.63) is 54.0 Å². The molecule has 39 heavy (non-hydrogen) atoms. The number of anilines is 1. The number of hydrogen-bond donors (Lipinski definition) is 1. The fourth-order valence-electron chi connectivity index (χ4n) is 3.91. The minimum Gasteiger partial charge on any atom is -0.372 e. The zero-order chi connectivity index (χ0) is 28.8. The van der Waals surface area contributed by atoms with Gasteiger partial charge in [-0.05, 0) is 24.5 Å². The van der Waals surface area contributed by atoms with Gasteiger partial charge in [0.25, 0.3) is 5.60 Å². The third-order valence-electron chi connectivity index (χ3n) is 5.98. The third kappa shape index (κ3) is 5.51. The lowest BCUT2D eigenvalue weighted by Crippen LogP contribution is -2.62. The molecule has 1 aliphatic rings. The number of alkyl halides is 6. The molecule has 210 valence electrons. The number of likely N-dealkylation sites (N-methyl/N-ethyl adjacent to an activating group) is 1. The molecule has 0 radical (unpaired) electrons. The van der Waals surface area contributed by atoms with Crippen LogP contribution in [0.25, 0.3) is 22.9 Å². The van der Waals surface area contributed by atoms with E-state index in [0.29, 0.717) is 25.2 Å². The Morgan fingerprint density at radius 3 is 2.44 bits per heavy atom. The lowest BCUT2D eigenvalue weighted by molar-refractivity contribution is -0.363. The first-order valence-corrected chi connectivity index (χ1v) is 11.3. The first kappa shape index (κ1) is 28.2. The summed E-state index contributed by atoms with van der Waals surface area (Å²) in [5.41, 5.74) is -4.37. The summed E-state index contributed by atoms with van der Waals surface area (Å²) < 4.78 is 114. The topological polar surface area (TPSA) is 93.1 Å². The average molecular weight is 564 g/mol. The molecule has 0 fully saturated rings. The van der Waals surface area contributed by atoms with E-state index in [1.807, 2.05) is 6.92 Å². The molecule has 0 spiro atoms. The molecule has 3 aromatic heterocycles. The van der Waals surface area contributed by atoms with Crippen molar-refractivity contribution in [1.82, 2.24) is 24.9 Å². The summed E-state index contributed by atoms with van der Waals surface area (Å²) in [7, 11) is 0.697. The molecular formula is C23H20F8N6O2. The average Bonchev–Trinajstić information content (AvgIpc) is 3.50. The maximum absolute atomic E-state index is 14.5. The van der Waals surface area contributed by atoms with Gasteiger partial charge in [0.05, 0.1) is 25.0 Å². The second kappa shape index (κ2) is 10.1. The molecule has 3 aromatic rings. The van der Waals surface area contributed by atoms with Crippen LogP contribution in [0.3, 0.4) is 0 Å². The van der Waals surface area contributed by atoms with E-state index in [2.05, 4.69) is 20.2 Å². The lowest BCUT2D eigenvalue weighted by atomic mass is 9.97. The first-order valence-electron chi connectivity index (χ1n) is 11.3. The highest BCUT2D eigenvalue weighted by molar-refractivity contribution is 5.63. The van der Waals surface area contributed by atoms with Gasteiger partial charge in [-0.25, -0.2) is 18.7 Å². The Labute approximate surface area is 215 Å². The van der Waals surface area contributed by atoms with Crippen LogP contribution in [0.2, 0.25) is 0 Å². The summed E-state index contributed by atoms with van der Waals surface area (Å²) in [4.78, 5) is 7.70. The highest BCUT2D eigenvalue weighted by atomic mass is 19.4. The van der Waals surface area contributed by atoms with Gasteiger partial charge in [-0.15, -0.1) is 0 Å². The molecule has 1 atom stereocenters. The van der Waals surface area contributed by atoms with Crippen molar-refractivity contribution in [2.45, 2.75) is 37.8 Å². The van der Waals surface area contributed by atoms with E-state index in [9.17, 15) is 40.2 Å². The summed E-state index contributed by atoms with van der Waals surface area (Å²) in [6, 6.07) is 2.84. The van der Waals surface area contributed by atoms with Crippen molar-refractivity contribution in [3.8, 4) is 22.9 Å². The Hall–Kier alpha value is -3.82. The smallest absolute Gasteiger partial charge is 0.372 e. The van der Waals surface area contributed by atoms with Gasteiger partial charge in [0, 0.05) is 18.7 Å². The van der Waals surface area contributed by atoms with Gasteiger partial charge < -0.3 is 14.5 Å². The van der Waals surface area contributed by atoms with Crippen molar-refractivity contribution in [2.24, 2.45) is 5.92 Å². The van der Waals surface area contributed by atoms with Crippen molar-refractivity contribution >= 4 is 5.82 Å². The van der Waals surface area contributed by atoms with E-state index in [-0.39, 0.29) is 40.3 Å². The summed E-state index contributed by atoms with van der Waals surface area (Å²) in [6.45, 7) is -0.296. The van der Waals surface area contributed by atoms with Crippen LogP contribution in [0.4, 0.5) is 40.9 Å². The minimum atomic E-state index is -6.12. The third-order valence-corrected chi connectivity index (χ3v) is 5.98. The molecule has 1 N–H and O–H groups in total. The minimum absolute atomic E-state index is 0.0515. The van der Waals surface area contributed by atoms with Gasteiger partial charge in [-0.1, -0.05) is 18.2 Å². The molecule has 0 amide bonds. The maximum atomic E-state index is 14.5. The van der Waals surface area contributed by atoms with E-state index < -0.39 is 42.0 Å². The molecule has 1 aliphatic carbocycles. The number of nitrogens with zero attached hydrogens (tertiary/aromatic N) is 6. The zero-order valence-electron chi connectivity index (χ0n) is 20.2. The Morgan fingerprint density at radius 2 is 1.82 bits per heavy atom. The Morgan fingerprint density at radius 1 is 1.13 bits per heavy atom. The predicted octanol–water partition coefficient (Wildman–Crippen LogP) is 5.25. The van der Waals surface area contributed by atoms with Crippen LogP contribution < -0.4 is 4.90 Å². The maximum Gasteiger partial charge on any atom is 0.428 e. The SMILES string of the molecule is CC1C=C(Cn2nc(-c3ncc(F)c(N(C)CC(O)(C(F)(F)F)C(F)(F)F)n3)cc2-c2ccon2)C(F)=CC1. The molecule has 4 rings (SSSR count). The van der Waals surface area contributed by atoms with E-state index in [4.69, 9.17) is 4.52 Å². The summed E-state index contributed by atoms with van der Waals surface area (Å²) in [6.07, 6.45) is -6.79. The summed E-state index contributed by atoms with van der Waals surface area (Å²) in [5.74, 6) is -3.08. The highest BCUT2D eigenvalue weighted by Gasteiger charge is 2.70. The molecule has 1 unspecified atom stereocenters. The van der Waals surface area contributed by atoms with Crippen LogP contribution >= 0.6 is 0 Å². The van der Waals surface area contributed by atoms with Crippen molar-refractivity contribution in [3.63, 3.8) is 0 Å². The van der Waals surface area contributed by atoms with E-state index in [1.54, 1.807) is 6.08 Å². The van der Waals surface area contributed by atoms with E-state index in [0.717, 1.165) is 0 Å². The molecule has 3 heterocycles. The fourth-order valence-corrected chi connectivity index (χ4v) is 3.91. The largest absolute Gasteiger partial charge is 0.428 e. The molecule has 8 nitrogen and oxygen atoms in total. The molecule has 16 heteroatoms. The Bertz CT molecular complexity index is 1380. The van der Waals surface area contributed by atoms with Crippen LogP contribution in [0, 0.1) is 11.7 Å². The van der Waals surface area contributed by atoms with Crippen molar-refractivity contribution in [1.29, 1.82) is 0 Å². The molecular weight excluding hydrogens is 544 g/mol. The van der Waals surface area contributed by atoms with Crippen molar-refractivity contribution < 1.29 is 44.8 Å². The Kier molecular flexibility index (Phi) is 7.27. The zero-order valence-corrected chi connectivity index (χ0v) is 20.2. The standard InChI is InChI=1S/C23H20F8N6O2/c1-12-3-4-14(24)13(7-12)10-37-18(16-5-6-39-35-16)8-17(34-37)19-32-9-15(25)20(33-19)36(2)11-21(38,22(26,27)28)23(29,30)31/h4-9,12,38H,3,10-11H2,1-2H3. The second-order valence-corrected chi connectivity index (χ2v) is 8.99. The van der Waals surface area contributed by atoms with Gasteiger partial charge in [0.15, 0.2) is 17.5 Å². The number of hydrogen-bond acceptors (Lipinski definition) is 7. The van der Waals surface area contributed by atoms with Crippen LogP contribution in [0.1, 0.15) is 13.3 Å². The number of allylic oxidation sites excluding steroid dienone is 4. The van der Waals surface area contributed by atoms with E-state index in [1.165, 1.54) is 29.2 Å². The first-order chi connectivity index (χ1) is 18.1. The lowest BCUT2D eigenvalue weighted by Gasteiger charge is -2.35. The van der Waals surface area contributed by atoms with Gasteiger partial charge in [0.1, 0.15) is 23.5 Å². The van der Waals surface area contributed by atoms with Gasteiger partial charge in [-0.2, -0.15) is 31.4 Å². The molecule has 0 saturated carbocycles. The van der Waals surface area contributed by atoms with Crippen LogP contribution in [0.5, 0.6) is 0 Å². The second-order valence-electron chi connectivity index (χ2n) is 8.99. The van der Waals surface area contributed by atoms with Crippen LogP contribution in [-0.2, 0) is 6.54 Å². The highest BCUT2D eigenvalue weighted by Crippen LogP contribution is 2.44. The quantitative estimate of drug-likeness (QED) is 0.392. The number of halogens is 8. The summed E-state index contributed by atoms with van der Waals surface area (Å²) in [5, 5.41) is 17.6. The predicted molar refractivity (Wildman–Crippen MR) is 120 cm³/mol. The number of rotatable bonds is 7. The monoisotopic (exact) mass is 564 g/mol. The fraction of sp³-hybridized carbons (Fsp3) is 0.391. The van der Waals surface area contributed by atoms with Gasteiger partial charge >= 0.3 is 12.4 Å². The van der Waals surface area contributed by atoms with Crippen LogP contribution in [0.15, 0.2) is 52.7 Å². The molecule has 0 aliphatic heterocycles. The summed E-state index contributed by atoms with van der Waals surface area (Å²) >= 11 is 0. The Balaban J connectivity index is 1.72. The molecule has 0 bridgehead atoms. The number of aromatic nitrogens is 5.